The van der Waals surface area contributed by atoms with E-state index in [0.717, 1.165) is 36.2 Å². The molecule has 21 heavy (non-hydrogen) atoms. The number of rotatable bonds is 2. The summed E-state index contributed by atoms with van der Waals surface area (Å²) in [6, 6.07) is 6.29. The molecule has 0 saturated heterocycles. The molecule has 0 bridgehead atoms. The van der Waals surface area contributed by atoms with Crippen LogP contribution >= 0.6 is 0 Å². The molecule has 3 aliphatic rings. The molecule has 0 aromatic heterocycles. The van der Waals surface area contributed by atoms with Gasteiger partial charge in [0.05, 0.1) is 12.7 Å². The number of fused-ring (bicyclic) bond motifs is 2. The van der Waals surface area contributed by atoms with E-state index in [-0.39, 0.29) is 6.10 Å². The lowest BCUT2D eigenvalue weighted by molar-refractivity contribution is 0.0336. The molecule has 4 unspecified atom stereocenters. The lowest BCUT2D eigenvalue weighted by atomic mass is 9.66. The van der Waals surface area contributed by atoms with E-state index < -0.39 is 0 Å². The minimum Gasteiger partial charge on any atom is -0.493 e. The highest BCUT2D eigenvalue weighted by Gasteiger charge is 2.36. The van der Waals surface area contributed by atoms with E-state index in [2.05, 4.69) is 18.2 Å². The Kier molecular flexibility index (Phi) is 3.66. The van der Waals surface area contributed by atoms with Crippen molar-refractivity contribution >= 4 is 0 Å². The zero-order valence-electron chi connectivity index (χ0n) is 12.8. The van der Waals surface area contributed by atoms with Crippen LogP contribution in [0.4, 0.5) is 0 Å². The Morgan fingerprint density at radius 3 is 2.81 bits per heavy atom. The lowest BCUT2D eigenvalue weighted by Crippen LogP contribution is -2.30. The van der Waals surface area contributed by atoms with Gasteiger partial charge in [0.25, 0.3) is 0 Å². The van der Waals surface area contributed by atoms with E-state index >= 15 is 0 Å². The van der Waals surface area contributed by atoms with E-state index in [1.54, 1.807) is 0 Å². The van der Waals surface area contributed by atoms with Crippen molar-refractivity contribution in [1.29, 1.82) is 0 Å². The molecule has 2 aliphatic carbocycles. The summed E-state index contributed by atoms with van der Waals surface area (Å²) < 4.78 is 5.79. The zero-order chi connectivity index (χ0) is 14.2. The highest BCUT2D eigenvalue weighted by atomic mass is 16.5. The van der Waals surface area contributed by atoms with Gasteiger partial charge in [-0.1, -0.05) is 43.9 Å². The van der Waals surface area contributed by atoms with E-state index in [1.165, 1.54) is 50.5 Å². The van der Waals surface area contributed by atoms with Crippen LogP contribution < -0.4 is 4.74 Å². The maximum Gasteiger partial charge on any atom is 0.128 e. The summed E-state index contributed by atoms with van der Waals surface area (Å²) in [5.74, 6) is 3.22. The third-order valence-electron chi connectivity index (χ3n) is 6.09. The molecular weight excluding hydrogens is 260 g/mol. The molecule has 2 saturated carbocycles. The average molecular weight is 286 g/mol. The summed E-state index contributed by atoms with van der Waals surface area (Å²) in [4.78, 5) is 0. The Morgan fingerprint density at radius 2 is 1.90 bits per heavy atom. The molecule has 0 amide bonds. The molecule has 4 rings (SSSR count). The van der Waals surface area contributed by atoms with Crippen LogP contribution in [0.1, 0.15) is 62.2 Å². The Morgan fingerprint density at radius 1 is 1.05 bits per heavy atom. The third kappa shape index (κ3) is 2.48. The molecule has 2 nitrogen and oxygen atoms in total. The fraction of sp³-hybridized carbons (Fsp3) is 0.684. The van der Waals surface area contributed by atoms with Crippen LogP contribution in [0.15, 0.2) is 18.2 Å². The van der Waals surface area contributed by atoms with Crippen molar-refractivity contribution in [1.82, 2.24) is 0 Å². The molecule has 2 heteroatoms. The molecular formula is C19H26O2. The monoisotopic (exact) mass is 286 g/mol. The van der Waals surface area contributed by atoms with Crippen LogP contribution in [0.5, 0.6) is 5.75 Å². The van der Waals surface area contributed by atoms with Crippen molar-refractivity contribution < 1.29 is 9.84 Å². The van der Waals surface area contributed by atoms with Crippen molar-refractivity contribution in [2.75, 3.05) is 6.61 Å². The number of ether oxygens (including phenoxy) is 1. The van der Waals surface area contributed by atoms with Crippen LogP contribution in [0.25, 0.3) is 0 Å². The Bertz CT molecular complexity index is 510. The maximum absolute atomic E-state index is 10.9. The number of aliphatic hydroxyl groups excluding tert-OH is 1. The van der Waals surface area contributed by atoms with Gasteiger partial charge in [0, 0.05) is 12.0 Å². The van der Waals surface area contributed by atoms with Gasteiger partial charge in [-0.15, -0.1) is 0 Å². The predicted octanol–water partition coefficient (Wildman–Crippen LogP) is 4.26. The number of hydrogen-bond donors (Lipinski definition) is 1. The van der Waals surface area contributed by atoms with Crippen LogP contribution in [-0.2, 0) is 6.42 Å². The molecule has 114 valence electrons. The van der Waals surface area contributed by atoms with Crippen LogP contribution in [-0.4, -0.2) is 11.7 Å². The molecule has 1 aliphatic heterocycles. The minimum atomic E-state index is -0.332. The maximum atomic E-state index is 10.9. The van der Waals surface area contributed by atoms with E-state index in [4.69, 9.17) is 4.74 Å². The Hall–Kier alpha value is -1.02. The zero-order valence-corrected chi connectivity index (χ0v) is 12.8. The fourth-order valence-electron chi connectivity index (χ4n) is 4.92. The predicted molar refractivity (Wildman–Crippen MR) is 83.4 cm³/mol. The van der Waals surface area contributed by atoms with E-state index in [9.17, 15) is 5.11 Å². The second-order valence-electron chi connectivity index (χ2n) is 7.26. The second kappa shape index (κ2) is 5.64. The van der Waals surface area contributed by atoms with Gasteiger partial charge in [-0.2, -0.15) is 0 Å². The van der Waals surface area contributed by atoms with Gasteiger partial charge in [0.15, 0.2) is 0 Å². The van der Waals surface area contributed by atoms with E-state index in [1.807, 2.05) is 0 Å². The van der Waals surface area contributed by atoms with Gasteiger partial charge >= 0.3 is 0 Å². The Balaban J connectivity index is 1.53. The van der Waals surface area contributed by atoms with Crippen LogP contribution in [0.3, 0.4) is 0 Å². The first-order chi connectivity index (χ1) is 10.3. The number of aliphatic hydroxyl groups is 1. The summed E-state index contributed by atoms with van der Waals surface area (Å²) >= 11 is 0. The summed E-state index contributed by atoms with van der Waals surface area (Å²) in [5.41, 5.74) is 2.32. The second-order valence-corrected chi connectivity index (χ2v) is 7.26. The first-order valence-electron chi connectivity index (χ1n) is 8.75. The molecule has 1 heterocycles. The van der Waals surface area contributed by atoms with Crippen LogP contribution in [0, 0.1) is 17.8 Å². The molecule has 2 fully saturated rings. The SMILES string of the molecule is OC(c1cccc2c1OCC2)C1CCC2CCCCC2C1. The first kappa shape index (κ1) is 13.6. The highest BCUT2D eigenvalue weighted by Crippen LogP contribution is 2.47. The van der Waals surface area contributed by atoms with Gasteiger partial charge in [-0.05, 0) is 42.6 Å². The number of benzene rings is 1. The van der Waals surface area contributed by atoms with Crippen molar-refractivity contribution in [2.45, 2.75) is 57.5 Å². The highest BCUT2D eigenvalue weighted by molar-refractivity contribution is 5.45. The quantitative estimate of drug-likeness (QED) is 0.880. The van der Waals surface area contributed by atoms with Crippen LogP contribution in [0.2, 0.25) is 0 Å². The largest absolute Gasteiger partial charge is 0.493 e. The van der Waals surface area contributed by atoms with E-state index in [0.29, 0.717) is 5.92 Å². The first-order valence-corrected chi connectivity index (χ1v) is 8.75. The van der Waals surface area contributed by atoms with Gasteiger partial charge < -0.3 is 9.84 Å². The fourth-order valence-corrected chi connectivity index (χ4v) is 4.92. The van der Waals surface area contributed by atoms with Gasteiger partial charge in [-0.25, -0.2) is 0 Å². The summed E-state index contributed by atoms with van der Waals surface area (Å²) in [5, 5.41) is 10.9. The van der Waals surface area contributed by atoms with Crippen molar-refractivity contribution in [3.8, 4) is 5.75 Å². The minimum absolute atomic E-state index is 0.332. The summed E-state index contributed by atoms with van der Waals surface area (Å²) in [7, 11) is 0. The van der Waals surface area contributed by atoms with Gasteiger partial charge in [-0.3, -0.25) is 0 Å². The lowest BCUT2D eigenvalue weighted by Gasteiger charge is -2.41. The van der Waals surface area contributed by atoms with Crippen molar-refractivity contribution in [3.05, 3.63) is 29.3 Å². The van der Waals surface area contributed by atoms with Crippen molar-refractivity contribution in [2.24, 2.45) is 17.8 Å². The smallest absolute Gasteiger partial charge is 0.128 e. The standard InChI is InChI=1S/C19H26O2/c20-18(17-7-3-6-14-10-11-21-19(14)17)16-9-8-13-4-1-2-5-15(13)12-16/h3,6-7,13,15-16,18,20H,1-2,4-5,8-12H2. The topological polar surface area (TPSA) is 29.5 Å². The molecule has 1 aromatic carbocycles. The van der Waals surface area contributed by atoms with Gasteiger partial charge in [0.2, 0.25) is 0 Å². The van der Waals surface area contributed by atoms with Crippen molar-refractivity contribution in [3.63, 3.8) is 0 Å². The Labute approximate surface area is 127 Å². The van der Waals surface area contributed by atoms with Gasteiger partial charge in [0.1, 0.15) is 5.75 Å². The molecule has 4 atom stereocenters. The summed E-state index contributed by atoms with van der Waals surface area (Å²) in [6.45, 7) is 0.772. The number of para-hydroxylation sites is 1. The normalized spacial score (nSPS) is 32.9. The molecule has 0 spiro atoms. The summed E-state index contributed by atoms with van der Waals surface area (Å²) in [6.07, 6.45) is 10.0. The molecule has 1 aromatic rings. The molecule has 1 N–H and O–H groups in total. The average Bonchev–Trinajstić information content (AvgIpc) is 3.02. The molecule has 0 radical (unpaired) electrons. The third-order valence-corrected chi connectivity index (χ3v) is 6.09. The number of hydrogen-bond acceptors (Lipinski definition) is 2.